The van der Waals surface area contributed by atoms with Crippen LogP contribution in [0.15, 0.2) is 46.9 Å². The van der Waals surface area contributed by atoms with Gasteiger partial charge in [-0.15, -0.1) is 0 Å². The summed E-state index contributed by atoms with van der Waals surface area (Å²) in [5, 5.41) is 13.9. The van der Waals surface area contributed by atoms with Crippen LogP contribution in [-0.4, -0.2) is 10.8 Å². The van der Waals surface area contributed by atoms with Gasteiger partial charge in [0, 0.05) is 16.5 Å². The summed E-state index contributed by atoms with van der Waals surface area (Å²) < 4.78 is 6.23. The minimum Gasteiger partial charge on any atom is -0.486 e. The maximum absolute atomic E-state index is 12.0. The second kappa shape index (κ2) is 7.92. The van der Waals surface area contributed by atoms with Gasteiger partial charge in [0.25, 0.3) is 5.69 Å². The lowest BCUT2D eigenvalue weighted by atomic mass is 10.2. The highest BCUT2D eigenvalue weighted by Gasteiger charge is 2.23. The van der Waals surface area contributed by atoms with Gasteiger partial charge in [-0.05, 0) is 11.6 Å². The van der Waals surface area contributed by atoms with Gasteiger partial charge in [0.2, 0.25) is 5.91 Å². The Morgan fingerprint density at radius 3 is 2.54 bits per heavy atom. The number of amides is 1. The van der Waals surface area contributed by atoms with Crippen molar-refractivity contribution >= 4 is 33.2 Å². The molecule has 0 unspecified atom stereocenters. The summed E-state index contributed by atoms with van der Waals surface area (Å²) in [5.41, 5.74) is 0.764. The monoisotopic (exact) mass is 392 g/mol. The highest BCUT2D eigenvalue weighted by atomic mass is 79.9. The van der Waals surface area contributed by atoms with Gasteiger partial charge in [-0.2, -0.15) is 0 Å². The van der Waals surface area contributed by atoms with E-state index in [2.05, 4.69) is 21.2 Å². The van der Waals surface area contributed by atoms with Crippen LogP contribution in [0.5, 0.6) is 5.75 Å². The van der Waals surface area contributed by atoms with E-state index in [0.29, 0.717) is 4.47 Å². The van der Waals surface area contributed by atoms with Crippen LogP contribution in [0.25, 0.3) is 0 Å². The van der Waals surface area contributed by atoms with Crippen molar-refractivity contribution in [1.82, 2.24) is 0 Å². The Morgan fingerprint density at radius 2 is 1.96 bits per heavy atom. The number of benzene rings is 2. The molecule has 2 rings (SSSR count). The normalized spacial score (nSPS) is 10.5. The number of carbonyl (C=O) groups excluding carboxylic acids is 1. The summed E-state index contributed by atoms with van der Waals surface area (Å²) in [6.45, 7) is 3.66. The SMILES string of the molecule is CC(C)C(=O)Nc1c(OCc2ccccc2)cc(Br)cc1[N+](=O)[O-]. The Bertz CT molecular complexity index is 748. The molecule has 0 aliphatic rings. The van der Waals surface area contributed by atoms with Crippen molar-refractivity contribution in [2.24, 2.45) is 5.92 Å². The number of hydrogen-bond acceptors (Lipinski definition) is 4. The zero-order chi connectivity index (χ0) is 17.7. The van der Waals surface area contributed by atoms with Crippen LogP contribution >= 0.6 is 15.9 Å². The van der Waals surface area contributed by atoms with E-state index in [9.17, 15) is 14.9 Å². The second-order valence-electron chi connectivity index (χ2n) is 5.47. The third kappa shape index (κ3) is 4.55. The van der Waals surface area contributed by atoms with Crippen molar-refractivity contribution in [3.05, 3.63) is 62.6 Å². The summed E-state index contributed by atoms with van der Waals surface area (Å²) in [5.74, 6) is -0.380. The molecule has 0 aliphatic carbocycles. The van der Waals surface area contributed by atoms with Gasteiger partial charge in [-0.1, -0.05) is 60.1 Å². The first kappa shape index (κ1) is 17.9. The Hall–Kier alpha value is -2.41. The van der Waals surface area contributed by atoms with Crippen molar-refractivity contribution in [3.8, 4) is 5.75 Å². The molecule has 0 spiro atoms. The number of rotatable bonds is 6. The molecule has 1 amide bonds. The van der Waals surface area contributed by atoms with E-state index >= 15 is 0 Å². The van der Waals surface area contributed by atoms with Crippen molar-refractivity contribution in [2.75, 3.05) is 5.32 Å². The van der Waals surface area contributed by atoms with Crippen LogP contribution in [0.1, 0.15) is 19.4 Å². The molecule has 0 aliphatic heterocycles. The molecule has 0 fully saturated rings. The Kier molecular flexibility index (Phi) is 5.92. The van der Waals surface area contributed by atoms with Crippen LogP contribution in [-0.2, 0) is 11.4 Å². The summed E-state index contributed by atoms with van der Waals surface area (Å²) in [4.78, 5) is 22.8. The van der Waals surface area contributed by atoms with Gasteiger partial charge in [0.05, 0.1) is 4.92 Å². The number of ether oxygens (including phenoxy) is 1. The zero-order valence-corrected chi connectivity index (χ0v) is 14.9. The minimum absolute atomic E-state index is 0.0674. The van der Waals surface area contributed by atoms with Crippen LogP contribution in [0.3, 0.4) is 0 Å². The molecule has 0 atom stereocenters. The van der Waals surface area contributed by atoms with Gasteiger partial charge < -0.3 is 10.1 Å². The fraction of sp³-hybridized carbons (Fsp3) is 0.235. The summed E-state index contributed by atoms with van der Waals surface area (Å²) in [7, 11) is 0. The third-order valence-corrected chi connectivity index (χ3v) is 3.71. The van der Waals surface area contributed by atoms with Gasteiger partial charge >= 0.3 is 0 Å². The number of nitrogens with zero attached hydrogens (tertiary/aromatic N) is 1. The average Bonchev–Trinajstić information content (AvgIpc) is 2.55. The first-order valence-electron chi connectivity index (χ1n) is 7.34. The molecule has 0 heterocycles. The smallest absolute Gasteiger partial charge is 0.297 e. The molecule has 2 aromatic rings. The van der Waals surface area contributed by atoms with Crippen molar-refractivity contribution in [2.45, 2.75) is 20.5 Å². The number of halogens is 1. The van der Waals surface area contributed by atoms with E-state index in [4.69, 9.17) is 4.74 Å². The molecule has 1 N–H and O–H groups in total. The van der Waals surface area contributed by atoms with E-state index in [1.165, 1.54) is 6.07 Å². The first-order valence-corrected chi connectivity index (χ1v) is 8.13. The highest BCUT2D eigenvalue weighted by molar-refractivity contribution is 9.10. The maximum atomic E-state index is 12.0. The predicted molar refractivity (Wildman–Crippen MR) is 95.0 cm³/mol. The summed E-state index contributed by atoms with van der Waals surface area (Å²) >= 11 is 3.24. The molecule has 2 aromatic carbocycles. The fourth-order valence-corrected chi connectivity index (χ4v) is 2.38. The van der Waals surface area contributed by atoms with Gasteiger partial charge in [-0.25, -0.2) is 0 Å². The Morgan fingerprint density at radius 1 is 1.29 bits per heavy atom. The largest absolute Gasteiger partial charge is 0.486 e. The Labute approximate surface area is 148 Å². The van der Waals surface area contributed by atoms with Crippen LogP contribution in [0.4, 0.5) is 11.4 Å². The van der Waals surface area contributed by atoms with E-state index in [-0.39, 0.29) is 35.6 Å². The van der Waals surface area contributed by atoms with E-state index in [1.807, 2.05) is 30.3 Å². The van der Waals surface area contributed by atoms with Crippen molar-refractivity contribution in [3.63, 3.8) is 0 Å². The van der Waals surface area contributed by atoms with Crippen molar-refractivity contribution in [1.29, 1.82) is 0 Å². The molecule has 0 saturated carbocycles. The lowest BCUT2D eigenvalue weighted by molar-refractivity contribution is -0.384. The number of nitro groups is 1. The number of nitrogens with one attached hydrogen (secondary N) is 1. The summed E-state index contributed by atoms with van der Waals surface area (Å²) in [6, 6.07) is 12.4. The van der Waals surface area contributed by atoms with E-state index in [0.717, 1.165) is 5.56 Å². The number of hydrogen-bond donors (Lipinski definition) is 1. The van der Waals surface area contributed by atoms with Crippen LogP contribution in [0, 0.1) is 16.0 Å². The maximum Gasteiger partial charge on any atom is 0.297 e. The topological polar surface area (TPSA) is 81.5 Å². The number of nitro benzene ring substituents is 1. The van der Waals surface area contributed by atoms with E-state index in [1.54, 1.807) is 19.9 Å². The molecule has 6 nitrogen and oxygen atoms in total. The molecular formula is C17H17BrN2O4. The first-order chi connectivity index (χ1) is 11.4. The second-order valence-corrected chi connectivity index (χ2v) is 6.39. The molecule has 126 valence electrons. The zero-order valence-electron chi connectivity index (χ0n) is 13.3. The van der Waals surface area contributed by atoms with Gasteiger partial charge in [0.1, 0.15) is 6.61 Å². The van der Waals surface area contributed by atoms with E-state index < -0.39 is 4.92 Å². The third-order valence-electron chi connectivity index (χ3n) is 3.25. The minimum atomic E-state index is -0.546. The molecular weight excluding hydrogens is 376 g/mol. The average molecular weight is 393 g/mol. The van der Waals surface area contributed by atoms with Gasteiger partial charge in [-0.3, -0.25) is 14.9 Å². The predicted octanol–water partition coefficient (Wildman–Crippen LogP) is 4.53. The quantitative estimate of drug-likeness (QED) is 0.578. The fourth-order valence-electron chi connectivity index (χ4n) is 1.95. The van der Waals surface area contributed by atoms with Crippen molar-refractivity contribution < 1.29 is 14.5 Å². The van der Waals surface area contributed by atoms with Crippen LogP contribution < -0.4 is 10.1 Å². The molecule has 0 radical (unpaired) electrons. The lowest BCUT2D eigenvalue weighted by Crippen LogP contribution is -2.19. The molecule has 0 saturated heterocycles. The Balaban J connectivity index is 2.36. The molecule has 0 bridgehead atoms. The number of carbonyl (C=O) groups is 1. The standard InChI is InChI=1S/C17H17BrN2O4/c1-11(2)17(21)19-16-14(20(22)23)8-13(18)9-15(16)24-10-12-6-4-3-5-7-12/h3-9,11H,10H2,1-2H3,(H,19,21). The lowest BCUT2D eigenvalue weighted by Gasteiger charge is -2.14. The van der Waals surface area contributed by atoms with Crippen LogP contribution in [0.2, 0.25) is 0 Å². The highest BCUT2D eigenvalue weighted by Crippen LogP contribution is 2.38. The summed E-state index contributed by atoms with van der Waals surface area (Å²) in [6.07, 6.45) is 0. The molecule has 0 aromatic heterocycles. The van der Waals surface area contributed by atoms with Gasteiger partial charge in [0.15, 0.2) is 11.4 Å². The number of anilines is 1. The molecule has 24 heavy (non-hydrogen) atoms. The molecule has 7 heteroatoms.